The fraction of sp³-hybridized carbons (Fsp3) is 0.786. The van der Waals surface area contributed by atoms with Gasteiger partial charge in [0.1, 0.15) is 5.82 Å². The van der Waals surface area contributed by atoms with Crippen LogP contribution in [-0.2, 0) is 10.0 Å². The second kappa shape index (κ2) is 5.85. The van der Waals surface area contributed by atoms with Gasteiger partial charge in [-0.1, -0.05) is 6.92 Å². The van der Waals surface area contributed by atoms with E-state index in [-0.39, 0.29) is 11.7 Å². The SMILES string of the molecule is CCCS(=O)(=O)N1CCC(c2ncc(C)n2C(C)C)C1. The molecule has 5 nitrogen and oxygen atoms in total. The topological polar surface area (TPSA) is 55.2 Å². The van der Waals surface area contributed by atoms with Gasteiger partial charge in [0.2, 0.25) is 10.0 Å². The van der Waals surface area contributed by atoms with Crippen LogP contribution in [0, 0.1) is 6.92 Å². The van der Waals surface area contributed by atoms with Gasteiger partial charge in [-0.3, -0.25) is 0 Å². The van der Waals surface area contributed by atoms with E-state index in [0.717, 1.165) is 17.9 Å². The predicted molar refractivity (Wildman–Crippen MR) is 80.4 cm³/mol. The Morgan fingerprint density at radius 2 is 2.15 bits per heavy atom. The Bertz CT molecular complexity index is 563. The molecule has 1 unspecified atom stereocenters. The lowest BCUT2D eigenvalue weighted by Crippen LogP contribution is -2.31. The number of aryl methyl sites for hydroxylation is 1. The maximum absolute atomic E-state index is 12.1. The standard InChI is InChI=1S/C14H25N3O2S/c1-5-8-20(18,19)16-7-6-13(10-16)14-15-9-12(4)17(14)11(2)3/h9,11,13H,5-8,10H2,1-4H3. The van der Waals surface area contributed by atoms with Crippen molar-refractivity contribution in [3.63, 3.8) is 0 Å². The molecule has 2 rings (SSSR count). The van der Waals surface area contributed by atoms with Crippen LogP contribution in [0.2, 0.25) is 0 Å². The average molecular weight is 299 g/mol. The van der Waals surface area contributed by atoms with Crippen molar-refractivity contribution in [2.24, 2.45) is 0 Å². The molecule has 1 aliphatic rings. The third kappa shape index (κ3) is 2.91. The zero-order valence-electron chi connectivity index (χ0n) is 12.8. The third-order valence-electron chi connectivity index (χ3n) is 3.90. The van der Waals surface area contributed by atoms with Crippen LogP contribution >= 0.6 is 0 Å². The molecule has 0 aromatic carbocycles. The van der Waals surface area contributed by atoms with E-state index in [4.69, 9.17) is 0 Å². The summed E-state index contributed by atoms with van der Waals surface area (Å²) in [5.74, 6) is 1.50. The fourth-order valence-corrected chi connectivity index (χ4v) is 4.58. The second-order valence-corrected chi connectivity index (χ2v) is 7.97. The number of rotatable bonds is 5. The quantitative estimate of drug-likeness (QED) is 0.838. The summed E-state index contributed by atoms with van der Waals surface area (Å²) in [6.45, 7) is 9.43. The Balaban J connectivity index is 2.18. The number of imidazole rings is 1. The highest BCUT2D eigenvalue weighted by Gasteiger charge is 2.34. The van der Waals surface area contributed by atoms with Crippen molar-refractivity contribution < 1.29 is 8.42 Å². The highest BCUT2D eigenvalue weighted by molar-refractivity contribution is 7.89. The molecule has 0 radical (unpaired) electrons. The lowest BCUT2D eigenvalue weighted by atomic mass is 10.1. The molecule has 114 valence electrons. The Hall–Kier alpha value is -0.880. The maximum Gasteiger partial charge on any atom is 0.214 e. The van der Waals surface area contributed by atoms with Crippen LogP contribution in [0.25, 0.3) is 0 Å². The molecule has 0 spiro atoms. The predicted octanol–water partition coefficient (Wildman–Crippen LogP) is 2.30. The lowest BCUT2D eigenvalue weighted by Gasteiger charge is -2.19. The number of nitrogens with zero attached hydrogens (tertiary/aromatic N) is 3. The summed E-state index contributed by atoms with van der Waals surface area (Å²) < 4.78 is 28.1. The summed E-state index contributed by atoms with van der Waals surface area (Å²) in [5.41, 5.74) is 1.14. The molecule has 1 atom stereocenters. The van der Waals surface area contributed by atoms with Crippen LogP contribution in [0.15, 0.2) is 6.20 Å². The highest BCUT2D eigenvalue weighted by atomic mass is 32.2. The van der Waals surface area contributed by atoms with Crippen LogP contribution in [0.3, 0.4) is 0 Å². The van der Waals surface area contributed by atoms with Gasteiger partial charge in [-0.2, -0.15) is 0 Å². The van der Waals surface area contributed by atoms with E-state index in [1.54, 1.807) is 4.31 Å². The van der Waals surface area contributed by atoms with Crippen molar-refractivity contribution in [3.05, 3.63) is 17.7 Å². The average Bonchev–Trinajstić information content (AvgIpc) is 2.94. The summed E-state index contributed by atoms with van der Waals surface area (Å²) in [4.78, 5) is 4.52. The van der Waals surface area contributed by atoms with Gasteiger partial charge >= 0.3 is 0 Å². The Labute approximate surface area is 122 Å². The number of aromatic nitrogens is 2. The zero-order chi connectivity index (χ0) is 14.9. The fourth-order valence-electron chi connectivity index (χ4n) is 3.02. The summed E-state index contributed by atoms with van der Waals surface area (Å²) in [6.07, 6.45) is 3.42. The van der Waals surface area contributed by atoms with Gasteiger partial charge in [0, 0.05) is 36.9 Å². The van der Waals surface area contributed by atoms with Crippen LogP contribution in [0.5, 0.6) is 0 Å². The van der Waals surface area contributed by atoms with Crippen molar-refractivity contribution in [2.45, 2.75) is 52.5 Å². The second-order valence-electron chi connectivity index (χ2n) is 5.88. The molecule has 1 aromatic rings. The number of sulfonamides is 1. The zero-order valence-corrected chi connectivity index (χ0v) is 13.7. The first-order valence-corrected chi connectivity index (χ1v) is 8.99. The first kappa shape index (κ1) is 15.5. The molecule has 0 N–H and O–H groups in total. The summed E-state index contributed by atoms with van der Waals surface area (Å²) in [7, 11) is -3.08. The minimum Gasteiger partial charge on any atom is -0.330 e. The third-order valence-corrected chi connectivity index (χ3v) is 5.94. The van der Waals surface area contributed by atoms with E-state index in [1.807, 2.05) is 13.1 Å². The van der Waals surface area contributed by atoms with E-state index in [1.165, 1.54) is 0 Å². The van der Waals surface area contributed by atoms with Crippen molar-refractivity contribution in [3.8, 4) is 0 Å². The smallest absolute Gasteiger partial charge is 0.214 e. The van der Waals surface area contributed by atoms with Gasteiger partial charge in [0.15, 0.2) is 0 Å². The minimum absolute atomic E-state index is 0.220. The molecule has 6 heteroatoms. The molecule has 1 fully saturated rings. The molecule has 1 saturated heterocycles. The van der Waals surface area contributed by atoms with Gasteiger partial charge in [0.05, 0.1) is 5.75 Å². The summed E-state index contributed by atoms with van der Waals surface area (Å²) in [6, 6.07) is 0.355. The van der Waals surface area contributed by atoms with Crippen molar-refractivity contribution in [1.29, 1.82) is 0 Å². The Kier molecular flexibility index (Phi) is 4.54. The van der Waals surface area contributed by atoms with Gasteiger partial charge in [-0.25, -0.2) is 17.7 Å². The summed E-state index contributed by atoms with van der Waals surface area (Å²) in [5, 5.41) is 0. The first-order chi connectivity index (χ1) is 9.36. The largest absolute Gasteiger partial charge is 0.330 e. The van der Waals surface area contributed by atoms with Crippen molar-refractivity contribution in [1.82, 2.24) is 13.9 Å². The van der Waals surface area contributed by atoms with Crippen molar-refractivity contribution >= 4 is 10.0 Å². The van der Waals surface area contributed by atoms with Gasteiger partial charge in [-0.05, 0) is 33.6 Å². The molecule has 2 heterocycles. The molecule has 0 bridgehead atoms. The van der Waals surface area contributed by atoms with E-state index < -0.39 is 10.0 Å². The van der Waals surface area contributed by atoms with E-state index >= 15 is 0 Å². The maximum atomic E-state index is 12.1. The molecule has 1 aliphatic heterocycles. The number of hydrogen-bond acceptors (Lipinski definition) is 3. The molecular weight excluding hydrogens is 274 g/mol. The van der Waals surface area contributed by atoms with E-state index in [0.29, 0.717) is 25.6 Å². The van der Waals surface area contributed by atoms with Crippen LogP contribution in [0.1, 0.15) is 57.1 Å². The first-order valence-electron chi connectivity index (χ1n) is 7.38. The molecule has 1 aromatic heterocycles. The Morgan fingerprint density at radius 3 is 2.75 bits per heavy atom. The normalized spacial score (nSPS) is 20.9. The molecule has 0 amide bonds. The highest BCUT2D eigenvalue weighted by Crippen LogP contribution is 2.30. The number of hydrogen-bond donors (Lipinski definition) is 0. The van der Waals surface area contributed by atoms with Crippen LogP contribution in [0.4, 0.5) is 0 Å². The molecule has 0 aliphatic carbocycles. The molecule has 20 heavy (non-hydrogen) atoms. The monoisotopic (exact) mass is 299 g/mol. The van der Waals surface area contributed by atoms with E-state index in [9.17, 15) is 8.42 Å². The minimum atomic E-state index is -3.08. The van der Waals surface area contributed by atoms with Gasteiger partial charge in [0.25, 0.3) is 0 Å². The van der Waals surface area contributed by atoms with E-state index in [2.05, 4.69) is 30.3 Å². The van der Waals surface area contributed by atoms with Gasteiger partial charge in [-0.15, -0.1) is 0 Å². The Morgan fingerprint density at radius 1 is 1.45 bits per heavy atom. The summed E-state index contributed by atoms with van der Waals surface area (Å²) >= 11 is 0. The molecule has 0 saturated carbocycles. The lowest BCUT2D eigenvalue weighted by molar-refractivity contribution is 0.464. The molecular formula is C14H25N3O2S. The van der Waals surface area contributed by atoms with Gasteiger partial charge < -0.3 is 4.57 Å². The van der Waals surface area contributed by atoms with Crippen LogP contribution in [-0.4, -0.2) is 41.1 Å². The van der Waals surface area contributed by atoms with Crippen molar-refractivity contribution in [2.75, 3.05) is 18.8 Å². The van der Waals surface area contributed by atoms with Crippen LogP contribution < -0.4 is 0 Å².